The van der Waals surface area contributed by atoms with E-state index >= 15 is 0 Å². The molecule has 0 aliphatic carbocycles. The Morgan fingerprint density at radius 2 is 1.84 bits per heavy atom. The molecule has 4 nitrogen and oxygen atoms in total. The first-order valence-electron chi connectivity index (χ1n) is 7.22. The van der Waals surface area contributed by atoms with Gasteiger partial charge in [0.25, 0.3) is 0 Å². The van der Waals surface area contributed by atoms with Crippen LogP contribution in [-0.4, -0.2) is 24.6 Å². The first-order valence-corrected chi connectivity index (χ1v) is 7.22. The Bertz CT molecular complexity index is 359. The van der Waals surface area contributed by atoms with Crippen LogP contribution < -0.4 is 5.32 Å². The number of amides is 2. The van der Waals surface area contributed by atoms with Crippen LogP contribution in [0.15, 0.2) is 16.6 Å². The molecule has 2 heterocycles. The summed E-state index contributed by atoms with van der Waals surface area (Å²) in [5.74, 6) is -0.152. The third-order valence-electron chi connectivity index (χ3n) is 2.75. The molecular weight excluding hydrogens is 240 g/mol. The molecule has 1 N–H and O–H groups in total. The molecule has 19 heavy (non-hydrogen) atoms. The minimum Gasteiger partial charge on any atom is -0.296 e. The summed E-state index contributed by atoms with van der Waals surface area (Å²) in [6.07, 6.45) is 4.87. The molecule has 0 aromatic heterocycles. The number of piperidine rings is 1. The number of dihydropyridines is 1. The van der Waals surface area contributed by atoms with Crippen LogP contribution in [-0.2, 0) is 9.59 Å². The Morgan fingerprint density at radius 1 is 1.21 bits per heavy atom. The van der Waals surface area contributed by atoms with Crippen molar-refractivity contribution in [2.24, 2.45) is 16.8 Å². The first-order chi connectivity index (χ1) is 9.16. The summed E-state index contributed by atoms with van der Waals surface area (Å²) in [6.45, 7) is 10.9. The van der Waals surface area contributed by atoms with Gasteiger partial charge in [0.1, 0.15) is 0 Å². The van der Waals surface area contributed by atoms with Gasteiger partial charge < -0.3 is 0 Å². The van der Waals surface area contributed by atoms with Crippen molar-refractivity contribution in [2.75, 3.05) is 6.54 Å². The Hall–Kier alpha value is -1.45. The normalized spacial score (nSPS) is 25.2. The predicted octanol–water partition coefficient (Wildman–Crippen LogP) is 2.74. The van der Waals surface area contributed by atoms with Gasteiger partial charge in [-0.15, -0.1) is 0 Å². The fourth-order valence-corrected chi connectivity index (χ4v) is 1.97. The van der Waals surface area contributed by atoms with Gasteiger partial charge in [0.05, 0.1) is 5.92 Å². The second-order valence-electron chi connectivity index (χ2n) is 4.14. The molecule has 0 spiro atoms. The summed E-state index contributed by atoms with van der Waals surface area (Å²) in [6, 6.07) is 0. The highest BCUT2D eigenvalue weighted by molar-refractivity contribution is 6.03. The molecule has 1 saturated heterocycles. The highest BCUT2D eigenvalue weighted by atomic mass is 16.2. The number of hydrogen-bond acceptors (Lipinski definition) is 3. The molecule has 108 valence electrons. The van der Waals surface area contributed by atoms with Crippen LogP contribution in [0.25, 0.3) is 0 Å². The first kappa shape index (κ1) is 17.6. The average molecular weight is 266 g/mol. The Balaban J connectivity index is 0.000000741. The molecule has 0 aromatic carbocycles. The van der Waals surface area contributed by atoms with Gasteiger partial charge in [-0.25, -0.2) is 0 Å². The van der Waals surface area contributed by atoms with Gasteiger partial charge in [-0.3, -0.25) is 19.9 Å². The van der Waals surface area contributed by atoms with Crippen LogP contribution >= 0.6 is 0 Å². The minimum absolute atomic E-state index is 0.169. The monoisotopic (exact) mass is 266 g/mol. The van der Waals surface area contributed by atoms with Crippen LogP contribution in [0.3, 0.4) is 0 Å². The van der Waals surface area contributed by atoms with Crippen molar-refractivity contribution in [3.63, 3.8) is 0 Å². The summed E-state index contributed by atoms with van der Waals surface area (Å²) < 4.78 is 0. The number of carbonyl (C=O) groups excluding carboxylic acids is 2. The van der Waals surface area contributed by atoms with E-state index < -0.39 is 0 Å². The molecular formula is C15H26N2O2. The summed E-state index contributed by atoms with van der Waals surface area (Å²) in [5, 5.41) is 2.36. The van der Waals surface area contributed by atoms with Crippen LogP contribution in [0.5, 0.6) is 0 Å². The topological polar surface area (TPSA) is 58.5 Å². The highest BCUT2D eigenvalue weighted by Gasteiger charge is 2.29. The predicted molar refractivity (Wildman–Crippen MR) is 79.2 cm³/mol. The van der Waals surface area contributed by atoms with Crippen LogP contribution in [0.2, 0.25) is 0 Å². The molecule has 2 amide bonds. The van der Waals surface area contributed by atoms with E-state index in [-0.39, 0.29) is 17.7 Å². The van der Waals surface area contributed by atoms with E-state index in [9.17, 15) is 9.59 Å². The second kappa shape index (κ2) is 9.48. The van der Waals surface area contributed by atoms with E-state index in [4.69, 9.17) is 0 Å². The van der Waals surface area contributed by atoms with E-state index in [2.05, 4.69) is 23.3 Å². The Morgan fingerprint density at radius 3 is 2.37 bits per heavy atom. The van der Waals surface area contributed by atoms with Crippen molar-refractivity contribution in [3.8, 4) is 0 Å². The van der Waals surface area contributed by atoms with Gasteiger partial charge in [0, 0.05) is 19.2 Å². The quantitative estimate of drug-likeness (QED) is 0.742. The molecule has 2 aliphatic heterocycles. The smallest absolute Gasteiger partial charge is 0.234 e. The SMILES string of the molecule is CC.CC.CC1C=C(C2CCC(=O)NC2=O)C=NC1. The molecule has 1 fully saturated rings. The van der Waals surface area contributed by atoms with Gasteiger partial charge in [-0.05, 0) is 17.9 Å². The molecule has 2 atom stereocenters. The van der Waals surface area contributed by atoms with Crippen LogP contribution in [0, 0.1) is 11.8 Å². The maximum atomic E-state index is 11.6. The molecule has 4 heteroatoms. The van der Waals surface area contributed by atoms with Crippen molar-refractivity contribution in [1.82, 2.24) is 5.32 Å². The van der Waals surface area contributed by atoms with E-state index in [0.717, 1.165) is 12.1 Å². The van der Waals surface area contributed by atoms with Crippen molar-refractivity contribution in [3.05, 3.63) is 11.6 Å². The van der Waals surface area contributed by atoms with Gasteiger partial charge in [-0.1, -0.05) is 40.7 Å². The van der Waals surface area contributed by atoms with Crippen molar-refractivity contribution < 1.29 is 9.59 Å². The third-order valence-corrected chi connectivity index (χ3v) is 2.75. The fourth-order valence-electron chi connectivity index (χ4n) is 1.97. The van der Waals surface area contributed by atoms with E-state index in [0.29, 0.717) is 18.8 Å². The number of hydrogen-bond donors (Lipinski definition) is 1. The van der Waals surface area contributed by atoms with Gasteiger partial charge in [-0.2, -0.15) is 0 Å². The molecule has 0 bridgehead atoms. The zero-order valence-corrected chi connectivity index (χ0v) is 12.7. The fraction of sp³-hybridized carbons (Fsp3) is 0.667. The van der Waals surface area contributed by atoms with Crippen molar-refractivity contribution in [1.29, 1.82) is 0 Å². The zero-order valence-electron chi connectivity index (χ0n) is 12.7. The Kier molecular flexibility index (Phi) is 8.75. The lowest BCUT2D eigenvalue weighted by molar-refractivity contribution is -0.135. The molecule has 0 radical (unpaired) electrons. The third kappa shape index (κ3) is 5.37. The number of nitrogens with zero attached hydrogens (tertiary/aromatic N) is 1. The molecule has 2 rings (SSSR count). The molecule has 0 saturated carbocycles. The average Bonchev–Trinajstić information content (AvgIpc) is 2.43. The van der Waals surface area contributed by atoms with Crippen molar-refractivity contribution in [2.45, 2.75) is 47.5 Å². The second-order valence-corrected chi connectivity index (χ2v) is 4.14. The maximum Gasteiger partial charge on any atom is 0.234 e. The van der Waals surface area contributed by atoms with Gasteiger partial charge in [0.2, 0.25) is 11.8 Å². The number of rotatable bonds is 1. The lowest BCUT2D eigenvalue weighted by atomic mass is 9.88. The van der Waals surface area contributed by atoms with Gasteiger partial charge >= 0.3 is 0 Å². The molecule has 2 aliphatic rings. The van der Waals surface area contributed by atoms with E-state index in [1.54, 1.807) is 6.21 Å². The zero-order chi connectivity index (χ0) is 14.8. The number of imide groups is 1. The van der Waals surface area contributed by atoms with E-state index in [1.165, 1.54) is 0 Å². The van der Waals surface area contributed by atoms with Crippen LogP contribution in [0.1, 0.15) is 47.5 Å². The lowest BCUT2D eigenvalue weighted by Gasteiger charge is -2.23. The summed E-state index contributed by atoms with van der Waals surface area (Å²) in [7, 11) is 0. The summed E-state index contributed by atoms with van der Waals surface area (Å²) in [4.78, 5) is 26.8. The maximum absolute atomic E-state index is 11.6. The summed E-state index contributed by atoms with van der Waals surface area (Å²) >= 11 is 0. The minimum atomic E-state index is -0.186. The number of nitrogens with one attached hydrogen (secondary N) is 1. The summed E-state index contributed by atoms with van der Waals surface area (Å²) in [5.41, 5.74) is 0.957. The highest BCUT2D eigenvalue weighted by Crippen LogP contribution is 2.23. The largest absolute Gasteiger partial charge is 0.296 e. The van der Waals surface area contributed by atoms with Gasteiger partial charge in [0.15, 0.2) is 0 Å². The number of carbonyl (C=O) groups is 2. The molecule has 0 aromatic rings. The Labute approximate surface area is 116 Å². The van der Waals surface area contributed by atoms with Crippen molar-refractivity contribution >= 4 is 18.0 Å². The standard InChI is InChI=1S/C11H14N2O2.2C2H6/c1-7-4-8(6-12-5-7)9-2-3-10(14)13-11(9)15;2*1-2/h4,6-7,9H,2-3,5H2,1H3,(H,13,14,15);2*1-2H3. The molecule has 2 unspecified atom stereocenters. The lowest BCUT2D eigenvalue weighted by Crippen LogP contribution is -2.41. The number of aliphatic imine (C=N–C) groups is 1. The van der Waals surface area contributed by atoms with Crippen LogP contribution in [0.4, 0.5) is 0 Å². The van der Waals surface area contributed by atoms with E-state index in [1.807, 2.05) is 27.7 Å².